The number of aliphatic hydroxyl groups excluding tert-OH is 1. The van der Waals surface area contributed by atoms with E-state index in [1.165, 1.54) is 24.6 Å². The fourth-order valence-electron chi connectivity index (χ4n) is 4.03. The average molecular weight is 461 g/mol. The number of H-pyrrole nitrogens is 1. The van der Waals surface area contributed by atoms with E-state index in [2.05, 4.69) is 10.3 Å². The average Bonchev–Trinajstić information content (AvgIpc) is 3.35. The number of carbonyl (C=O) groups excluding carboxylic acids is 1. The number of carbonyl (C=O) groups is 1. The highest BCUT2D eigenvalue weighted by Crippen LogP contribution is 2.28. The van der Waals surface area contributed by atoms with Gasteiger partial charge in [0.25, 0.3) is 0 Å². The summed E-state index contributed by atoms with van der Waals surface area (Å²) in [6.07, 6.45) is 5.66. The van der Waals surface area contributed by atoms with E-state index in [0.717, 1.165) is 38.2 Å². The van der Waals surface area contributed by atoms with E-state index in [0.29, 0.717) is 16.6 Å². The van der Waals surface area contributed by atoms with Crippen LogP contribution < -0.4 is 5.32 Å². The van der Waals surface area contributed by atoms with Crippen LogP contribution >= 0.6 is 0 Å². The van der Waals surface area contributed by atoms with Crippen molar-refractivity contribution >= 4 is 16.8 Å². The van der Waals surface area contributed by atoms with Gasteiger partial charge in [-0.15, -0.1) is 0 Å². The fourth-order valence-corrected chi connectivity index (χ4v) is 4.03. The van der Waals surface area contributed by atoms with E-state index in [9.17, 15) is 23.1 Å². The molecule has 2 aliphatic rings. The molecule has 178 valence electrons. The molecule has 3 N–H and O–H groups in total. The van der Waals surface area contributed by atoms with Crippen molar-refractivity contribution in [1.82, 2.24) is 10.3 Å². The third-order valence-corrected chi connectivity index (χ3v) is 6.03. The van der Waals surface area contributed by atoms with Crippen molar-refractivity contribution in [2.75, 3.05) is 0 Å². The molecule has 2 atom stereocenters. The van der Waals surface area contributed by atoms with Gasteiger partial charge in [-0.25, -0.2) is 13.2 Å². The first-order valence-electron chi connectivity index (χ1n) is 11.6. The summed E-state index contributed by atoms with van der Waals surface area (Å²) in [5.41, 5.74) is 1.58. The standard InChI is InChI=1S/C14H8F3N.C10H17NO2.C2H6/c15-10-3-1-8(2-4-10)13-6-9-5-11(16)7-12(17)14(9)18-13;12-9-5-4-8(6-9)11-10(13)7-2-1-3-7;1-2/h1-7,18H;7-9,12H,1-6H2,(H,11,13);1-2H3. The number of aromatic amines is 1. The first-order chi connectivity index (χ1) is 15.9. The van der Waals surface area contributed by atoms with Gasteiger partial charge in [0.05, 0.1) is 11.6 Å². The molecule has 1 amide bonds. The van der Waals surface area contributed by atoms with Crippen molar-refractivity contribution in [3.8, 4) is 11.3 Å². The number of halogens is 3. The molecule has 2 saturated carbocycles. The predicted octanol–water partition coefficient (Wildman–Crippen LogP) is 6.09. The summed E-state index contributed by atoms with van der Waals surface area (Å²) in [6, 6.07) is 9.74. The van der Waals surface area contributed by atoms with E-state index < -0.39 is 11.6 Å². The van der Waals surface area contributed by atoms with Crippen molar-refractivity contribution in [2.24, 2.45) is 5.92 Å². The monoisotopic (exact) mass is 460 g/mol. The second-order valence-electron chi connectivity index (χ2n) is 8.34. The Bertz CT molecular complexity index is 1060. The summed E-state index contributed by atoms with van der Waals surface area (Å²) in [5.74, 6) is -1.11. The van der Waals surface area contributed by atoms with Crippen molar-refractivity contribution < 1.29 is 23.1 Å². The molecule has 0 saturated heterocycles. The first-order valence-corrected chi connectivity index (χ1v) is 11.6. The molecule has 2 aliphatic carbocycles. The van der Waals surface area contributed by atoms with Gasteiger partial charge in [-0.3, -0.25) is 4.79 Å². The van der Waals surface area contributed by atoms with Gasteiger partial charge >= 0.3 is 0 Å². The smallest absolute Gasteiger partial charge is 0.223 e. The molecule has 2 aromatic carbocycles. The Kier molecular flexibility index (Phi) is 8.55. The van der Waals surface area contributed by atoms with E-state index >= 15 is 0 Å². The minimum Gasteiger partial charge on any atom is -0.393 e. The van der Waals surface area contributed by atoms with Crippen LogP contribution in [0.3, 0.4) is 0 Å². The molecule has 0 radical (unpaired) electrons. The number of aliphatic hydroxyl groups is 1. The summed E-state index contributed by atoms with van der Waals surface area (Å²) in [6.45, 7) is 4.00. The summed E-state index contributed by atoms with van der Waals surface area (Å²) >= 11 is 0. The Morgan fingerprint density at radius 2 is 1.67 bits per heavy atom. The van der Waals surface area contributed by atoms with Crippen LogP contribution in [0.1, 0.15) is 52.4 Å². The quantitative estimate of drug-likeness (QED) is 0.443. The normalized spacial score (nSPS) is 19.7. The Hall–Kier alpha value is -2.80. The number of hydrogen-bond donors (Lipinski definition) is 3. The lowest BCUT2D eigenvalue weighted by molar-refractivity contribution is -0.128. The first kappa shape index (κ1) is 24.8. The molecule has 2 fully saturated rings. The maximum absolute atomic E-state index is 13.5. The van der Waals surface area contributed by atoms with Crippen LogP contribution in [0.15, 0.2) is 42.5 Å². The van der Waals surface area contributed by atoms with Crippen LogP contribution in [0.25, 0.3) is 22.2 Å². The lowest BCUT2D eigenvalue weighted by Crippen LogP contribution is -2.40. The maximum Gasteiger partial charge on any atom is 0.223 e. The molecular weight excluding hydrogens is 429 g/mol. The molecule has 4 nitrogen and oxygen atoms in total. The fraction of sp³-hybridized carbons (Fsp3) is 0.423. The van der Waals surface area contributed by atoms with Gasteiger partial charge in [0.1, 0.15) is 17.5 Å². The van der Waals surface area contributed by atoms with Crippen LogP contribution in [-0.2, 0) is 4.79 Å². The van der Waals surface area contributed by atoms with Gasteiger partial charge in [-0.2, -0.15) is 0 Å². The number of nitrogens with one attached hydrogen (secondary N) is 2. The molecule has 7 heteroatoms. The second kappa shape index (κ2) is 11.4. The zero-order valence-electron chi connectivity index (χ0n) is 19.0. The number of rotatable bonds is 3. The van der Waals surface area contributed by atoms with Crippen LogP contribution in [0.4, 0.5) is 13.2 Å². The lowest BCUT2D eigenvalue weighted by atomic mass is 9.84. The van der Waals surface area contributed by atoms with Crippen molar-refractivity contribution in [3.63, 3.8) is 0 Å². The molecule has 33 heavy (non-hydrogen) atoms. The van der Waals surface area contributed by atoms with E-state index in [4.69, 9.17) is 0 Å². The van der Waals surface area contributed by atoms with Gasteiger partial charge in [-0.1, -0.05) is 20.3 Å². The third kappa shape index (κ3) is 6.38. The second-order valence-corrected chi connectivity index (χ2v) is 8.34. The van der Waals surface area contributed by atoms with E-state index in [1.807, 2.05) is 13.8 Å². The number of fused-ring (bicyclic) bond motifs is 1. The van der Waals surface area contributed by atoms with Crippen LogP contribution in [-0.4, -0.2) is 28.1 Å². The molecule has 1 heterocycles. The van der Waals surface area contributed by atoms with E-state index in [1.54, 1.807) is 18.2 Å². The summed E-state index contributed by atoms with van der Waals surface area (Å²) in [7, 11) is 0. The predicted molar refractivity (Wildman–Crippen MR) is 124 cm³/mol. The largest absolute Gasteiger partial charge is 0.393 e. The van der Waals surface area contributed by atoms with Crippen molar-refractivity contribution in [2.45, 2.75) is 64.5 Å². The van der Waals surface area contributed by atoms with Crippen molar-refractivity contribution in [3.05, 3.63) is 59.9 Å². The van der Waals surface area contributed by atoms with Gasteiger partial charge in [0, 0.05) is 29.1 Å². The van der Waals surface area contributed by atoms with Gasteiger partial charge in [0.2, 0.25) is 5.91 Å². The van der Waals surface area contributed by atoms with Gasteiger partial charge in [0.15, 0.2) is 0 Å². The number of hydrogen-bond acceptors (Lipinski definition) is 2. The molecule has 3 aromatic rings. The lowest BCUT2D eigenvalue weighted by Gasteiger charge is -2.25. The highest BCUT2D eigenvalue weighted by atomic mass is 19.1. The van der Waals surface area contributed by atoms with Crippen molar-refractivity contribution in [1.29, 1.82) is 0 Å². The van der Waals surface area contributed by atoms with Crippen LogP contribution in [0, 0.1) is 23.4 Å². The van der Waals surface area contributed by atoms with Gasteiger partial charge < -0.3 is 15.4 Å². The SMILES string of the molecule is CC.Fc1ccc(-c2cc3cc(F)cc(F)c3[nH]2)cc1.O=C(NC1CCC(O)C1)C1CCC1. The van der Waals surface area contributed by atoms with Crippen LogP contribution in [0.5, 0.6) is 0 Å². The topological polar surface area (TPSA) is 65.1 Å². The maximum atomic E-state index is 13.5. The minimum absolute atomic E-state index is 0.188. The zero-order chi connectivity index (χ0) is 24.0. The van der Waals surface area contributed by atoms with Gasteiger partial charge in [-0.05, 0) is 74.1 Å². The number of benzene rings is 2. The Morgan fingerprint density at radius 3 is 2.24 bits per heavy atom. The molecule has 0 bridgehead atoms. The molecule has 1 aromatic heterocycles. The molecule has 2 unspecified atom stereocenters. The Morgan fingerprint density at radius 1 is 0.970 bits per heavy atom. The Balaban J connectivity index is 0.000000181. The molecular formula is C26H31F3N2O2. The highest BCUT2D eigenvalue weighted by Gasteiger charge is 2.29. The molecule has 0 aliphatic heterocycles. The zero-order valence-corrected chi connectivity index (χ0v) is 19.0. The van der Waals surface area contributed by atoms with E-state index in [-0.39, 0.29) is 35.3 Å². The number of aromatic nitrogens is 1. The summed E-state index contributed by atoms with van der Waals surface area (Å²) < 4.78 is 39.4. The minimum atomic E-state index is -0.640. The molecule has 5 rings (SSSR count). The Labute approximate surface area is 192 Å². The summed E-state index contributed by atoms with van der Waals surface area (Å²) in [4.78, 5) is 14.4. The third-order valence-electron chi connectivity index (χ3n) is 6.03. The summed E-state index contributed by atoms with van der Waals surface area (Å²) in [5, 5.41) is 12.7. The molecule has 0 spiro atoms. The number of amides is 1. The van der Waals surface area contributed by atoms with Crippen LogP contribution in [0.2, 0.25) is 0 Å². The highest BCUT2D eigenvalue weighted by molar-refractivity contribution is 5.86.